The first kappa shape index (κ1) is 18.9. The third-order valence-corrected chi connectivity index (χ3v) is 5.15. The van der Waals surface area contributed by atoms with Crippen LogP contribution in [0.5, 0.6) is 11.6 Å². The Kier molecular flexibility index (Phi) is 5.72. The van der Waals surface area contributed by atoms with Gasteiger partial charge in [-0.05, 0) is 42.8 Å². The zero-order chi connectivity index (χ0) is 19.3. The van der Waals surface area contributed by atoms with E-state index in [1.807, 2.05) is 6.92 Å². The van der Waals surface area contributed by atoms with Gasteiger partial charge < -0.3 is 13.9 Å². The zero-order valence-corrected chi connectivity index (χ0v) is 15.7. The van der Waals surface area contributed by atoms with Crippen molar-refractivity contribution >= 4 is 10.0 Å². The Labute approximate surface area is 157 Å². The summed E-state index contributed by atoms with van der Waals surface area (Å²) in [5, 5.41) is 7.94. The number of sulfonamides is 1. The van der Waals surface area contributed by atoms with E-state index in [-0.39, 0.29) is 29.7 Å². The molecule has 0 aliphatic carbocycles. The molecule has 2 aromatic heterocycles. The predicted octanol–water partition coefficient (Wildman–Crippen LogP) is 2.41. The van der Waals surface area contributed by atoms with E-state index in [1.165, 1.54) is 7.11 Å². The van der Waals surface area contributed by atoms with Crippen LogP contribution in [0.1, 0.15) is 5.56 Å². The monoisotopic (exact) mass is 389 g/mol. The predicted molar refractivity (Wildman–Crippen MR) is 98.1 cm³/mol. The number of aromatic nitrogens is 2. The molecule has 1 N–H and O–H groups in total. The molecule has 3 rings (SSSR count). The van der Waals surface area contributed by atoms with Crippen LogP contribution >= 0.6 is 0 Å². The molecule has 0 saturated carbocycles. The van der Waals surface area contributed by atoms with E-state index in [0.717, 1.165) is 5.56 Å². The average Bonchev–Trinajstić information content (AvgIpc) is 3.20. The highest BCUT2D eigenvalue weighted by Gasteiger charge is 2.19. The minimum atomic E-state index is -3.72. The Morgan fingerprint density at radius 2 is 2.00 bits per heavy atom. The first-order valence-corrected chi connectivity index (χ1v) is 9.62. The fourth-order valence-corrected chi connectivity index (χ4v) is 3.62. The van der Waals surface area contributed by atoms with Gasteiger partial charge in [-0.15, -0.1) is 10.2 Å². The number of hydrogen-bond donors (Lipinski definition) is 1. The summed E-state index contributed by atoms with van der Waals surface area (Å²) in [6, 6.07) is 11.9. The molecule has 27 heavy (non-hydrogen) atoms. The summed E-state index contributed by atoms with van der Waals surface area (Å²) in [7, 11) is -2.29. The van der Waals surface area contributed by atoms with Gasteiger partial charge in [0.2, 0.25) is 15.9 Å². The summed E-state index contributed by atoms with van der Waals surface area (Å²) in [6.07, 6.45) is 1.55. The van der Waals surface area contributed by atoms with E-state index in [1.54, 1.807) is 48.7 Å². The lowest BCUT2D eigenvalue weighted by Crippen LogP contribution is -2.28. The number of nitrogens with one attached hydrogen (secondary N) is 1. The molecule has 9 heteroatoms. The van der Waals surface area contributed by atoms with Crippen LogP contribution in [-0.4, -0.2) is 38.9 Å². The van der Waals surface area contributed by atoms with Crippen molar-refractivity contribution in [1.29, 1.82) is 0 Å². The van der Waals surface area contributed by atoms with E-state index in [4.69, 9.17) is 13.9 Å². The lowest BCUT2D eigenvalue weighted by molar-refractivity contribution is 0.307. The second-order valence-corrected chi connectivity index (χ2v) is 7.37. The standard InChI is InChI=1S/C18H19N3O5S/c1-13-5-7-16(24-2)17(12-13)27(22,23)19-9-11-26-18-8-6-14(20-21-18)15-4-3-10-25-15/h3-8,10,12,19H,9,11H2,1-2H3. The molecule has 0 spiro atoms. The SMILES string of the molecule is COc1ccc(C)cc1S(=O)(=O)NCCOc1ccc(-c2ccco2)nn1. The maximum atomic E-state index is 12.5. The van der Waals surface area contributed by atoms with Gasteiger partial charge in [-0.3, -0.25) is 0 Å². The number of aryl methyl sites for hydroxylation is 1. The summed E-state index contributed by atoms with van der Waals surface area (Å²) in [6.45, 7) is 1.98. The minimum absolute atomic E-state index is 0.0705. The normalized spacial score (nSPS) is 11.3. The van der Waals surface area contributed by atoms with Crippen LogP contribution in [-0.2, 0) is 10.0 Å². The van der Waals surface area contributed by atoms with E-state index in [2.05, 4.69) is 14.9 Å². The van der Waals surface area contributed by atoms with E-state index >= 15 is 0 Å². The van der Waals surface area contributed by atoms with Crippen LogP contribution in [0.25, 0.3) is 11.5 Å². The highest BCUT2D eigenvalue weighted by atomic mass is 32.2. The number of ether oxygens (including phenoxy) is 2. The van der Waals surface area contributed by atoms with Crippen LogP contribution in [0.3, 0.4) is 0 Å². The molecule has 0 amide bonds. The van der Waals surface area contributed by atoms with Crippen molar-refractivity contribution in [2.75, 3.05) is 20.3 Å². The fraction of sp³-hybridized carbons (Fsp3) is 0.222. The summed E-state index contributed by atoms with van der Waals surface area (Å²) >= 11 is 0. The topological polar surface area (TPSA) is 104 Å². The van der Waals surface area contributed by atoms with Gasteiger partial charge in [0.05, 0.1) is 13.4 Å². The third kappa shape index (κ3) is 4.63. The van der Waals surface area contributed by atoms with Gasteiger partial charge in [0.15, 0.2) is 5.76 Å². The summed E-state index contributed by atoms with van der Waals surface area (Å²) in [5.41, 5.74) is 1.40. The molecule has 0 bridgehead atoms. The third-order valence-electron chi connectivity index (χ3n) is 3.67. The first-order valence-electron chi connectivity index (χ1n) is 8.14. The Balaban J connectivity index is 1.56. The Hall–Kier alpha value is -2.91. The summed E-state index contributed by atoms with van der Waals surface area (Å²) < 4.78 is 43.2. The van der Waals surface area contributed by atoms with Gasteiger partial charge in [0, 0.05) is 12.6 Å². The van der Waals surface area contributed by atoms with Crippen LogP contribution < -0.4 is 14.2 Å². The van der Waals surface area contributed by atoms with Crippen molar-refractivity contribution < 1.29 is 22.3 Å². The van der Waals surface area contributed by atoms with Gasteiger partial charge in [0.25, 0.3) is 0 Å². The summed E-state index contributed by atoms with van der Waals surface area (Å²) in [4.78, 5) is 0.0904. The van der Waals surface area contributed by atoms with Crippen LogP contribution in [0, 0.1) is 6.92 Å². The van der Waals surface area contributed by atoms with Gasteiger partial charge in [-0.2, -0.15) is 0 Å². The van der Waals surface area contributed by atoms with Crippen molar-refractivity contribution in [2.45, 2.75) is 11.8 Å². The number of nitrogens with zero attached hydrogens (tertiary/aromatic N) is 2. The van der Waals surface area contributed by atoms with Gasteiger partial charge in [0.1, 0.15) is 22.9 Å². The van der Waals surface area contributed by atoms with E-state index < -0.39 is 10.0 Å². The van der Waals surface area contributed by atoms with Gasteiger partial charge in [-0.25, -0.2) is 13.1 Å². The van der Waals surface area contributed by atoms with Gasteiger partial charge >= 0.3 is 0 Å². The van der Waals surface area contributed by atoms with Crippen LogP contribution in [0.4, 0.5) is 0 Å². The molecule has 2 heterocycles. The lowest BCUT2D eigenvalue weighted by Gasteiger charge is -2.11. The second-order valence-electron chi connectivity index (χ2n) is 5.63. The van der Waals surface area contributed by atoms with Crippen molar-refractivity contribution in [2.24, 2.45) is 0 Å². The first-order chi connectivity index (χ1) is 13.0. The molecule has 3 aromatic rings. The Morgan fingerprint density at radius 1 is 1.15 bits per heavy atom. The lowest BCUT2D eigenvalue weighted by atomic mass is 10.2. The molecule has 0 aliphatic rings. The van der Waals surface area contributed by atoms with Crippen molar-refractivity contribution in [3.8, 4) is 23.1 Å². The molecule has 0 radical (unpaired) electrons. The Bertz CT molecular complexity index is 986. The van der Waals surface area contributed by atoms with Crippen molar-refractivity contribution in [3.05, 3.63) is 54.3 Å². The number of benzene rings is 1. The molecule has 8 nitrogen and oxygen atoms in total. The van der Waals surface area contributed by atoms with Crippen molar-refractivity contribution in [3.63, 3.8) is 0 Å². The number of furan rings is 1. The smallest absolute Gasteiger partial charge is 0.244 e. The molecule has 0 atom stereocenters. The number of hydrogen-bond acceptors (Lipinski definition) is 7. The number of rotatable bonds is 8. The highest BCUT2D eigenvalue weighted by molar-refractivity contribution is 7.89. The second kappa shape index (κ2) is 8.19. The van der Waals surface area contributed by atoms with Gasteiger partial charge in [-0.1, -0.05) is 6.07 Å². The van der Waals surface area contributed by atoms with Crippen LogP contribution in [0.15, 0.2) is 58.0 Å². The quantitative estimate of drug-likeness (QED) is 0.590. The molecule has 0 unspecified atom stereocenters. The average molecular weight is 389 g/mol. The molecule has 142 valence electrons. The zero-order valence-electron chi connectivity index (χ0n) is 14.9. The van der Waals surface area contributed by atoms with E-state index in [0.29, 0.717) is 11.5 Å². The molecule has 0 fully saturated rings. The number of methoxy groups -OCH3 is 1. The summed E-state index contributed by atoms with van der Waals surface area (Å²) in [5.74, 6) is 1.18. The maximum absolute atomic E-state index is 12.5. The van der Waals surface area contributed by atoms with E-state index in [9.17, 15) is 8.42 Å². The highest BCUT2D eigenvalue weighted by Crippen LogP contribution is 2.24. The molecular formula is C18H19N3O5S. The fourth-order valence-electron chi connectivity index (χ4n) is 2.36. The Morgan fingerprint density at radius 3 is 2.67 bits per heavy atom. The minimum Gasteiger partial charge on any atom is -0.495 e. The molecule has 1 aromatic carbocycles. The van der Waals surface area contributed by atoms with Crippen molar-refractivity contribution in [1.82, 2.24) is 14.9 Å². The molecule has 0 aliphatic heterocycles. The largest absolute Gasteiger partial charge is 0.495 e. The van der Waals surface area contributed by atoms with Crippen LogP contribution in [0.2, 0.25) is 0 Å². The maximum Gasteiger partial charge on any atom is 0.244 e. The molecule has 0 saturated heterocycles. The molecular weight excluding hydrogens is 370 g/mol.